The third kappa shape index (κ3) is 22.5. The maximum absolute atomic E-state index is 9.84. The Morgan fingerprint density at radius 2 is 0.637 bits per heavy atom. The molecule has 0 fully saturated rings. The van der Waals surface area contributed by atoms with Crippen LogP contribution in [0.2, 0.25) is 0 Å². The van der Waals surface area contributed by atoms with Gasteiger partial charge in [0.2, 0.25) is 0 Å². The Bertz CT molecular complexity index is 4040. The molecule has 0 bridgehead atoms. The van der Waals surface area contributed by atoms with Crippen molar-refractivity contribution in [1.82, 2.24) is 0 Å². The molecule has 9 aromatic rings. The quantitative estimate of drug-likeness (QED) is 0.0391. The molecule has 0 aliphatic heterocycles. The van der Waals surface area contributed by atoms with Gasteiger partial charge in [-0.05, 0) is 188 Å². The van der Waals surface area contributed by atoms with Gasteiger partial charge in [-0.25, -0.2) is 0 Å². The van der Waals surface area contributed by atoms with Crippen molar-refractivity contribution in [2.75, 3.05) is 14.2 Å². The predicted molar refractivity (Wildman–Crippen MR) is 423 cm³/mol. The van der Waals surface area contributed by atoms with Crippen molar-refractivity contribution in [3.63, 3.8) is 0 Å². The second kappa shape index (κ2) is 35.8. The summed E-state index contributed by atoms with van der Waals surface area (Å²) in [6, 6.07) is 58.4. The molecule has 0 aliphatic carbocycles. The van der Waals surface area contributed by atoms with Crippen LogP contribution in [0.5, 0.6) is 5.75 Å². The van der Waals surface area contributed by atoms with Gasteiger partial charge in [-0.3, -0.25) is 0 Å². The Labute approximate surface area is 637 Å². The van der Waals surface area contributed by atoms with Gasteiger partial charge < -0.3 is 14.2 Å². The number of methoxy groups -OCH3 is 2. The van der Waals surface area contributed by atoms with Crippen molar-refractivity contribution in [2.45, 2.75) is 24.5 Å². The third-order valence-corrected chi connectivity index (χ3v) is 26.9. The first-order valence-electron chi connectivity index (χ1n) is 26.5. The summed E-state index contributed by atoms with van der Waals surface area (Å²) in [6.45, 7) is 2.03. The molecule has 0 aliphatic rings. The van der Waals surface area contributed by atoms with E-state index in [1.54, 1.807) is 14.2 Å². The zero-order valence-electron chi connectivity index (χ0n) is 47.6. The Balaban J connectivity index is 0.000000279. The van der Waals surface area contributed by atoms with Crippen LogP contribution in [0.25, 0.3) is 48.6 Å². The molecule has 1 unspecified atom stereocenters. The molecule has 9 rings (SSSR count). The Hall–Kier alpha value is -1.62. The summed E-state index contributed by atoms with van der Waals surface area (Å²) in [5, 5.41) is 4.89. The van der Waals surface area contributed by atoms with Crippen LogP contribution in [0.1, 0.15) is 74.2 Å². The van der Waals surface area contributed by atoms with E-state index in [2.05, 4.69) is 407 Å². The van der Waals surface area contributed by atoms with Gasteiger partial charge in [-0.2, -0.15) is 0 Å². The molecule has 91 heavy (non-hydrogen) atoms. The molecule has 2 nitrogen and oxygen atoms in total. The molecule has 1 atom stereocenters. The topological polar surface area (TPSA) is 18.5 Å². The van der Waals surface area contributed by atoms with Crippen molar-refractivity contribution in [2.24, 2.45) is 0 Å². The fourth-order valence-corrected chi connectivity index (χ4v) is 20.6. The van der Waals surface area contributed by atoms with Crippen LogP contribution >= 0.6 is 223 Å². The Morgan fingerprint density at radius 1 is 0.374 bits per heavy atom. The molecule has 476 valence electrons. The molecule has 0 saturated carbocycles. The van der Waals surface area contributed by atoms with Gasteiger partial charge in [-0.1, -0.05) is 294 Å². The van der Waals surface area contributed by atoms with Gasteiger partial charge in [0.05, 0.1) is 23.8 Å². The number of alkyl halides is 1. The molecular formula is C68H49Br13F6O2P2. The molecule has 9 aromatic carbocycles. The maximum Gasteiger partial charge on any atom is -1.00 e. The van der Waals surface area contributed by atoms with Crippen LogP contribution in [0.3, 0.4) is 0 Å². The van der Waals surface area contributed by atoms with Gasteiger partial charge in [0, 0.05) is 67.2 Å². The first-order chi connectivity index (χ1) is 42.6. The van der Waals surface area contributed by atoms with E-state index in [0.717, 1.165) is 121 Å². The van der Waals surface area contributed by atoms with Crippen molar-refractivity contribution >= 4 is 287 Å². The van der Waals surface area contributed by atoms with Crippen LogP contribution in [-0.4, -0.2) is 14.2 Å². The molecule has 0 aromatic heterocycles. The van der Waals surface area contributed by atoms with Gasteiger partial charge in [-0.15, -0.1) is 0 Å². The van der Waals surface area contributed by atoms with E-state index in [-0.39, 0.29) is 10.8 Å². The number of benzene rings is 9. The monoisotopic (exact) mass is 2100 g/mol. The number of hydrogen-bond donors (Lipinski definition) is 0. The van der Waals surface area contributed by atoms with E-state index >= 15 is 0 Å². The second-order valence-electron chi connectivity index (χ2n) is 19.6. The summed E-state index contributed by atoms with van der Waals surface area (Å²) in [5.41, 5.74) is 12.2. The molecule has 0 radical (unpaired) electrons. The summed E-state index contributed by atoms with van der Waals surface area (Å²) < 4.78 is 72.3. The Kier molecular flexibility index (Phi) is 30.8. The van der Waals surface area contributed by atoms with E-state index < -0.39 is 15.4 Å². The van der Waals surface area contributed by atoms with Crippen molar-refractivity contribution in [1.29, 1.82) is 0 Å². The van der Waals surface area contributed by atoms with E-state index in [4.69, 9.17) is 9.47 Å². The minimum absolute atomic E-state index is 0. The molecule has 23 heteroatoms. The smallest absolute Gasteiger partial charge is 1.00 e. The number of hydrogen-bond acceptors (Lipinski definition) is 2. The SMILES string of the molecule is COC(C)c1cc(Br)c(/C=C\c2cc(Br)c(/C=C\c3cc(Br)c(CBr)cc3Br)cc2Br)cc1Br.COc1cc(Br)c(/C=C\c2cc(Br)c(/C=C\c3cc(Br)c(C[P+](c4ccccc4)(c4ccccc4)c4ccccc4)cc3Br)cc2Br)cc1Br.FP(F)(F)(F)F.[F-]. The number of halogens is 19. The molecule has 0 saturated heterocycles. The minimum Gasteiger partial charge on any atom is -1.00 e. The summed E-state index contributed by atoms with van der Waals surface area (Å²) in [6.07, 6.45) is 17.8. The zero-order chi connectivity index (χ0) is 65.7. The van der Waals surface area contributed by atoms with E-state index in [0.29, 0.717) is 0 Å². The molecule has 0 spiro atoms. The molecular weight excluding hydrogens is 2060 g/mol. The average Bonchev–Trinajstić information content (AvgIpc) is 0.858. The largest absolute Gasteiger partial charge is 1.00 e. The van der Waals surface area contributed by atoms with Crippen LogP contribution in [0.15, 0.2) is 217 Å². The summed E-state index contributed by atoms with van der Waals surface area (Å²) in [7, 11) is -7.22. The predicted octanol–water partition coefficient (Wildman–Crippen LogP) is 26.3. The minimum atomic E-state index is -8.55. The standard InChI is InChI=1S/C42H30Br6OP.C26H19Br7O.F5P.FH/c1-49-42-26-40(47)31(24-41(42)48)20-19-29-22-36(43)28(21-37(29)44)17-18-30-23-39(46)32(25-38(30)45)27-50(33-11-5-2-6-12-33,34-13-7-3-8-14-34)35-15-9-4-10-16-35;1-14(34-2)20-12-25(32)18(10-26(20)33)6-5-16-8-21(28)15(7-22(16)29)3-4-17-9-24(31)19(13-27)11-23(17)30;1-6(2,3,4)5;/h2-26H,27H2,1H3;3-12,14H,13H2,1-2H3;;1H/q+1;;;/p-1/b18-17-,20-19-;4-3-,6-5-;;. The molecule has 0 amide bonds. The first kappa shape index (κ1) is 78.4. The average molecular weight is 2110 g/mol. The van der Waals surface area contributed by atoms with Crippen molar-refractivity contribution in [3.8, 4) is 5.75 Å². The van der Waals surface area contributed by atoms with Crippen LogP contribution in [0.4, 0.5) is 21.0 Å². The van der Waals surface area contributed by atoms with E-state index in [9.17, 15) is 21.0 Å². The van der Waals surface area contributed by atoms with Gasteiger partial charge >= 0.3 is 29.1 Å². The van der Waals surface area contributed by atoms with Crippen LogP contribution in [-0.2, 0) is 16.2 Å². The van der Waals surface area contributed by atoms with Crippen LogP contribution in [0, 0.1) is 0 Å². The van der Waals surface area contributed by atoms with E-state index in [1.165, 1.54) is 27.0 Å². The molecule has 0 N–H and O–H groups in total. The summed E-state index contributed by atoms with van der Waals surface area (Å²) in [4.78, 5) is 0. The summed E-state index contributed by atoms with van der Waals surface area (Å²) >= 11 is 48.4. The molecule has 0 heterocycles. The number of rotatable bonds is 17. The Morgan fingerprint density at radius 3 is 0.956 bits per heavy atom. The maximum atomic E-state index is 9.84. The normalized spacial score (nSPS) is 12.5. The van der Waals surface area contributed by atoms with E-state index in [1.807, 2.05) is 19.1 Å². The van der Waals surface area contributed by atoms with Gasteiger partial charge in [0.25, 0.3) is 0 Å². The second-order valence-corrected chi connectivity index (χ2v) is 35.2. The first-order valence-corrected chi connectivity index (χ1v) is 40.8. The fraction of sp³-hybridized carbons (Fsp3) is 0.0882. The number of ether oxygens (including phenoxy) is 2. The fourth-order valence-electron chi connectivity index (χ4n) is 9.07. The van der Waals surface area contributed by atoms with Gasteiger partial charge in [0.15, 0.2) is 0 Å². The van der Waals surface area contributed by atoms with Crippen molar-refractivity contribution < 1.29 is 35.2 Å². The van der Waals surface area contributed by atoms with Gasteiger partial charge in [0.1, 0.15) is 28.9 Å². The summed E-state index contributed by atoms with van der Waals surface area (Å²) in [5.74, 6) is 0.781. The zero-order valence-corrected chi connectivity index (χ0v) is 70.0. The third-order valence-electron chi connectivity index (χ3n) is 13.7. The van der Waals surface area contributed by atoms with Crippen molar-refractivity contribution in [3.05, 3.63) is 279 Å². The van der Waals surface area contributed by atoms with Crippen LogP contribution < -0.4 is 25.4 Å².